The predicted molar refractivity (Wildman–Crippen MR) is 79.7 cm³/mol. The van der Waals surface area contributed by atoms with E-state index in [1.165, 1.54) is 6.42 Å². The summed E-state index contributed by atoms with van der Waals surface area (Å²) in [4.78, 5) is 14.6. The van der Waals surface area contributed by atoms with Crippen LogP contribution in [0.25, 0.3) is 0 Å². The lowest BCUT2D eigenvalue weighted by Crippen LogP contribution is -2.45. The van der Waals surface area contributed by atoms with Crippen molar-refractivity contribution < 1.29 is 9.90 Å². The fraction of sp³-hybridized carbons (Fsp3) is 0.750. The van der Waals surface area contributed by atoms with E-state index in [1.807, 2.05) is 17.9 Å². The zero-order valence-corrected chi connectivity index (χ0v) is 12.7. The molecule has 21 heavy (non-hydrogen) atoms. The second-order valence-corrected chi connectivity index (χ2v) is 6.53. The quantitative estimate of drug-likeness (QED) is 0.892. The Hall–Kier alpha value is -1.36. The van der Waals surface area contributed by atoms with Gasteiger partial charge in [0.15, 0.2) is 0 Å². The summed E-state index contributed by atoms with van der Waals surface area (Å²) >= 11 is 0. The van der Waals surface area contributed by atoms with Gasteiger partial charge >= 0.3 is 0 Å². The lowest BCUT2D eigenvalue weighted by atomic mass is 9.80. The first-order chi connectivity index (χ1) is 10.1. The Bertz CT molecular complexity index is 499. The molecule has 1 aromatic heterocycles. The molecule has 2 heterocycles. The van der Waals surface area contributed by atoms with E-state index in [1.54, 1.807) is 0 Å². The highest BCUT2D eigenvalue weighted by Crippen LogP contribution is 2.34. The molecular weight excluding hydrogens is 266 g/mol. The molecule has 2 fully saturated rings. The standard InChI is InChI=1S/C16H25N3O2/c1-11-9-12(18-17-11)10-16(21)19-8-4-6-14(19)13-5-2-3-7-15(13)20/h9,13-15,20H,2-8,10H2,1H3,(H,17,18)/t13-,14-,15-/m1/s1. The molecule has 1 aliphatic heterocycles. The van der Waals surface area contributed by atoms with Crippen LogP contribution in [-0.2, 0) is 11.2 Å². The number of aromatic amines is 1. The van der Waals surface area contributed by atoms with Gasteiger partial charge in [-0.1, -0.05) is 12.8 Å². The first kappa shape index (κ1) is 14.6. The van der Waals surface area contributed by atoms with Crippen LogP contribution in [0.15, 0.2) is 6.07 Å². The van der Waals surface area contributed by atoms with Crippen molar-refractivity contribution >= 4 is 5.91 Å². The van der Waals surface area contributed by atoms with E-state index in [0.29, 0.717) is 6.42 Å². The lowest BCUT2D eigenvalue weighted by molar-refractivity contribution is -0.133. The Morgan fingerprint density at radius 2 is 2.19 bits per heavy atom. The van der Waals surface area contributed by atoms with Crippen LogP contribution < -0.4 is 0 Å². The van der Waals surface area contributed by atoms with Gasteiger partial charge in [0, 0.05) is 24.2 Å². The van der Waals surface area contributed by atoms with Gasteiger partial charge in [-0.15, -0.1) is 0 Å². The summed E-state index contributed by atoms with van der Waals surface area (Å²) in [5.41, 5.74) is 1.80. The molecule has 2 aliphatic rings. The van der Waals surface area contributed by atoms with Crippen LogP contribution >= 0.6 is 0 Å². The largest absolute Gasteiger partial charge is 0.393 e. The number of aliphatic hydroxyl groups is 1. The Labute approximate surface area is 125 Å². The predicted octanol–water partition coefficient (Wildman–Crippen LogP) is 1.80. The SMILES string of the molecule is Cc1cc(CC(=O)N2CCC[C@@H]2[C@H]2CCCC[C@H]2O)n[nH]1. The molecule has 1 saturated carbocycles. The van der Waals surface area contributed by atoms with Crippen LogP contribution in [0.2, 0.25) is 0 Å². The summed E-state index contributed by atoms with van der Waals surface area (Å²) in [7, 11) is 0. The third-order valence-electron chi connectivity index (χ3n) is 4.99. The summed E-state index contributed by atoms with van der Waals surface area (Å²) in [5.74, 6) is 0.424. The van der Waals surface area contributed by atoms with Gasteiger partial charge in [-0.3, -0.25) is 9.89 Å². The van der Waals surface area contributed by atoms with Crippen LogP contribution in [-0.4, -0.2) is 44.8 Å². The van der Waals surface area contributed by atoms with Crippen molar-refractivity contribution in [2.24, 2.45) is 5.92 Å². The fourth-order valence-corrected chi connectivity index (χ4v) is 3.96. The van der Waals surface area contributed by atoms with Gasteiger partial charge in [0.25, 0.3) is 0 Å². The molecule has 2 N–H and O–H groups in total. The minimum atomic E-state index is -0.232. The van der Waals surface area contributed by atoms with Gasteiger partial charge in [-0.2, -0.15) is 5.10 Å². The molecular formula is C16H25N3O2. The molecule has 0 bridgehead atoms. The molecule has 0 radical (unpaired) electrons. The number of aliphatic hydroxyl groups excluding tert-OH is 1. The van der Waals surface area contributed by atoms with Gasteiger partial charge in [0.1, 0.15) is 0 Å². The van der Waals surface area contributed by atoms with Gasteiger partial charge < -0.3 is 10.0 Å². The Morgan fingerprint density at radius 1 is 1.38 bits per heavy atom. The minimum absolute atomic E-state index is 0.154. The molecule has 3 atom stereocenters. The average molecular weight is 291 g/mol. The van der Waals surface area contributed by atoms with E-state index in [0.717, 1.165) is 50.0 Å². The van der Waals surface area contributed by atoms with Crippen LogP contribution in [0.5, 0.6) is 0 Å². The molecule has 116 valence electrons. The zero-order valence-electron chi connectivity index (χ0n) is 12.7. The molecule has 3 rings (SSSR count). The Morgan fingerprint density at radius 3 is 2.90 bits per heavy atom. The normalized spacial score (nSPS) is 29.8. The third-order valence-corrected chi connectivity index (χ3v) is 4.99. The van der Waals surface area contributed by atoms with Gasteiger partial charge in [-0.05, 0) is 38.7 Å². The van der Waals surface area contributed by atoms with E-state index >= 15 is 0 Å². The maximum absolute atomic E-state index is 12.6. The highest BCUT2D eigenvalue weighted by atomic mass is 16.3. The molecule has 1 aromatic rings. The molecule has 1 aliphatic carbocycles. The fourth-order valence-electron chi connectivity index (χ4n) is 3.96. The molecule has 1 amide bonds. The molecule has 5 heteroatoms. The lowest BCUT2D eigenvalue weighted by Gasteiger charge is -2.37. The number of amides is 1. The van der Waals surface area contributed by atoms with Crippen molar-refractivity contribution in [3.8, 4) is 0 Å². The smallest absolute Gasteiger partial charge is 0.228 e. The van der Waals surface area contributed by atoms with E-state index in [9.17, 15) is 9.90 Å². The molecule has 1 saturated heterocycles. The molecule has 0 unspecified atom stereocenters. The molecule has 0 aromatic carbocycles. The number of nitrogens with zero attached hydrogens (tertiary/aromatic N) is 2. The van der Waals surface area contributed by atoms with Crippen LogP contribution in [0.3, 0.4) is 0 Å². The first-order valence-corrected chi connectivity index (χ1v) is 8.13. The molecule has 0 spiro atoms. The van der Waals surface area contributed by atoms with Crippen molar-refractivity contribution in [2.45, 2.75) is 64.0 Å². The summed E-state index contributed by atoms with van der Waals surface area (Å²) in [6.45, 7) is 2.77. The van der Waals surface area contributed by atoms with Crippen molar-refractivity contribution in [3.63, 3.8) is 0 Å². The summed E-state index contributed by atoms with van der Waals surface area (Å²) in [6.07, 6.45) is 6.46. The van der Waals surface area contributed by atoms with Crippen molar-refractivity contribution in [2.75, 3.05) is 6.54 Å². The minimum Gasteiger partial charge on any atom is -0.393 e. The number of carbonyl (C=O) groups is 1. The topological polar surface area (TPSA) is 69.2 Å². The van der Waals surface area contributed by atoms with Gasteiger partial charge in [0.2, 0.25) is 5.91 Å². The van der Waals surface area contributed by atoms with Crippen molar-refractivity contribution in [1.82, 2.24) is 15.1 Å². The number of aromatic nitrogens is 2. The third kappa shape index (κ3) is 3.12. The number of likely N-dealkylation sites (tertiary alicyclic amines) is 1. The number of aryl methyl sites for hydroxylation is 1. The van der Waals surface area contributed by atoms with E-state index in [-0.39, 0.29) is 24.0 Å². The van der Waals surface area contributed by atoms with E-state index in [2.05, 4.69) is 10.2 Å². The summed E-state index contributed by atoms with van der Waals surface area (Å²) in [6, 6.07) is 2.16. The average Bonchev–Trinajstić information content (AvgIpc) is 3.08. The van der Waals surface area contributed by atoms with Crippen LogP contribution in [0.1, 0.15) is 49.9 Å². The summed E-state index contributed by atoms with van der Waals surface area (Å²) < 4.78 is 0. The Balaban J connectivity index is 1.66. The summed E-state index contributed by atoms with van der Waals surface area (Å²) in [5, 5.41) is 17.3. The molecule has 5 nitrogen and oxygen atoms in total. The number of H-pyrrole nitrogens is 1. The second kappa shape index (κ2) is 6.18. The van der Waals surface area contributed by atoms with Gasteiger partial charge in [-0.25, -0.2) is 0 Å². The monoisotopic (exact) mass is 291 g/mol. The van der Waals surface area contributed by atoms with Crippen LogP contribution in [0.4, 0.5) is 0 Å². The maximum Gasteiger partial charge on any atom is 0.228 e. The Kier molecular flexibility index (Phi) is 4.29. The number of nitrogens with one attached hydrogen (secondary N) is 1. The van der Waals surface area contributed by atoms with Crippen LogP contribution in [0, 0.1) is 12.8 Å². The maximum atomic E-state index is 12.6. The number of hydrogen-bond donors (Lipinski definition) is 2. The highest BCUT2D eigenvalue weighted by Gasteiger charge is 2.38. The first-order valence-electron chi connectivity index (χ1n) is 8.13. The zero-order chi connectivity index (χ0) is 14.8. The number of rotatable bonds is 3. The number of carbonyl (C=O) groups excluding carboxylic acids is 1. The second-order valence-electron chi connectivity index (χ2n) is 6.53. The van der Waals surface area contributed by atoms with E-state index in [4.69, 9.17) is 0 Å². The van der Waals surface area contributed by atoms with Gasteiger partial charge in [0.05, 0.1) is 18.2 Å². The van der Waals surface area contributed by atoms with Crippen molar-refractivity contribution in [1.29, 1.82) is 0 Å². The highest BCUT2D eigenvalue weighted by molar-refractivity contribution is 5.79. The number of hydrogen-bond acceptors (Lipinski definition) is 3. The van der Waals surface area contributed by atoms with E-state index < -0.39 is 0 Å². The van der Waals surface area contributed by atoms with Crippen molar-refractivity contribution in [3.05, 3.63) is 17.5 Å².